The minimum Gasteiger partial charge on any atom is -0.493 e. The van der Waals surface area contributed by atoms with Crippen LogP contribution in [0.1, 0.15) is 50.3 Å². The van der Waals surface area contributed by atoms with E-state index in [1.807, 2.05) is 0 Å². The van der Waals surface area contributed by atoms with Crippen molar-refractivity contribution in [3.05, 3.63) is 23.3 Å². The molecule has 0 bridgehead atoms. The molecular weight excluding hydrogens is 338 g/mol. The maximum Gasteiger partial charge on any atom is 0.161 e. The number of likely N-dealkylation sites (N-methyl/N-ethyl adjacent to an activating group) is 1. The van der Waals surface area contributed by atoms with Crippen molar-refractivity contribution in [1.82, 2.24) is 9.80 Å². The number of hydrogen-bond acceptors (Lipinski definition) is 5. The Hall–Kier alpha value is -1.77. The fourth-order valence-corrected chi connectivity index (χ4v) is 4.43. The molecule has 5 heteroatoms. The maximum atomic E-state index is 8.68. The summed E-state index contributed by atoms with van der Waals surface area (Å²) in [7, 11) is 3.97. The van der Waals surface area contributed by atoms with Crippen LogP contribution in [-0.4, -0.2) is 56.2 Å². The lowest BCUT2D eigenvalue weighted by Gasteiger charge is -2.48. The van der Waals surface area contributed by atoms with E-state index < -0.39 is 0 Å². The van der Waals surface area contributed by atoms with Crippen LogP contribution in [0.3, 0.4) is 0 Å². The fraction of sp³-hybridized carbons (Fsp3) is 0.682. The number of ether oxygens (including phenoxy) is 2. The molecule has 0 aromatic heterocycles. The molecule has 0 N–H and O–H groups in total. The van der Waals surface area contributed by atoms with Crippen LogP contribution in [0.25, 0.3) is 0 Å². The maximum absolute atomic E-state index is 8.68. The normalized spacial score (nSPS) is 22.8. The molecule has 1 fully saturated rings. The van der Waals surface area contributed by atoms with Crippen LogP contribution in [-0.2, 0) is 6.42 Å². The van der Waals surface area contributed by atoms with Gasteiger partial charge in [0.1, 0.15) is 0 Å². The van der Waals surface area contributed by atoms with Crippen molar-refractivity contribution in [3.63, 3.8) is 0 Å². The summed E-state index contributed by atoms with van der Waals surface area (Å²) in [5.41, 5.74) is 2.76. The van der Waals surface area contributed by atoms with Crippen LogP contribution in [0.4, 0.5) is 0 Å². The number of rotatable bonds is 7. The Morgan fingerprint density at radius 2 is 2.07 bits per heavy atom. The summed E-state index contributed by atoms with van der Waals surface area (Å²) in [6.07, 6.45) is 3.58. The van der Waals surface area contributed by atoms with Gasteiger partial charge in [0.25, 0.3) is 0 Å². The average Bonchev–Trinajstić information content (AvgIpc) is 2.65. The Bertz CT molecular complexity index is 683. The summed E-state index contributed by atoms with van der Waals surface area (Å²) >= 11 is 0. The van der Waals surface area contributed by atoms with E-state index in [0.717, 1.165) is 49.9 Å². The van der Waals surface area contributed by atoms with E-state index in [4.69, 9.17) is 14.7 Å². The highest BCUT2D eigenvalue weighted by molar-refractivity contribution is 5.49. The van der Waals surface area contributed by atoms with Crippen LogP contribution in [0.5, 0.6) is 11.5 Å². The molecule has 1 unspecified atom stereocenters. The van der Waals surface area contributed by atoms with Gasteiger partial charge in [-0.15, -0.1) is 0 Å². The molecule has 3 rings (SSSR count). The summed E-state index contributed by atoms with van der Waals surface area (Å²) in [4.78, 5) is 5.19. The van der Waals surface area contributed by atoms with E-state index in [1.54, 1.807) is 7.11 Å². The van der Waals surface area contributed by atoms with Crippen molar-refractivity contribution >= 4 is 0 Å². The lowest BCUT2D eigenvalue weighted by molar-refractivity contribution is 0.0294. The number of fused-ring (bicyclic) bond motifs is 3. The minimum absolute atomic E-state index is 0.434. The summed E-state index contributed by atoms with van der Waals surface area (Å²) < 4.78 is 11.5. The number of methoxy groups -OCH3 is 1. The first-order valence-electron chi connectivity index (χ1n) is 10.2. The Balaban J connectivity index is 1.77. The van der Waals surface area contributed by atoms with Gasteiger partial charge in [0, 0.05) is 38.1 Å². The predicted molar refractivity (Wildman–Crippen MR) is 107 cm³/mol. The van der Waals surface area contributed by atoms with Crippen molar-refractivity contribution in [2.24, 2.45) is 5.92 Å². The van der Waals surface area contributed by atoms with Crippen molar-refractivity contribution in [1.29, 1.82) is 5.26 Å². The molecule has 0 radical (unpaired) electrons. The van der Waals surface area contributed by atoms with Gasteiger partial charge in [0.2, 0.25) is 0 Å². The molecule has 2 atom stereocenters. The lowest BCUT2D eigenvalue weighted by Crippen LogP contribution is -2.55. The Morgan fingerprint density at radius 3 is 2.78 bits per heavy atom. The van der Waals surface area contributed by atoms with Gasteiger partial charge in [-0.05, 0) is 55.5 Å². The number of hydrogen-bond donors (Lipinski definition) is 0. The number of piperazine rings is 1. The average molecular weight is 372 g/mol. The predicted octanol–water partition coefficient (Wildman–Crippen LogP) is 3.64. The largest absolute Gasteiger partial charge is 0.493 e. The van der Waals surface area contributed by atoms with E-state index in [0.29, 0.717) is 25.1 Å². The molecule has 2 aliphatic heterocycles. The number of nitrogens with zero attached hydrogens (tertiary/aromatic N) is 3. The minimum atomic E-state index is 0.434. The third-order valence-corrected chi connectivity index (χ3v) is 5.86. The SMILES string of the molecule is COc1cc2c(cc1OCCCC#N)CCN1C[C@@H](CC(C)C)N(C)CC21. The third-order valence-electron chi connectivity index (χ3n) is 5.86. The molecule has 0 amide bonds. The fourth-order valence-electron chi connectivity index (χ4n) is 4.43. The highest BCUT2D eigenvalue weighted by Gasteiger charge is 2.36. The quantitative estimate of drug-likeness (QED) is 0.685. The van der Waals surface area contributed by atoms with E-state index >= 15 is 0 Å². The molecule has 0 spiro atoms. The first-order chi connectivity index (χ1) is 13.0. The molecule has 0 aliphatic carbocycles. The molecule has 1 aromatic rings. The summed E-state index contributed by atoms with van der Waals surface area (Å²) in [6.45, 7) is 8.50. The van der Waals surface area contributed by atoms with E-state index in [-0.39, 0.29) is 0 Å². The van der Waals surface area contributed by atoms with E-state index in [9.17, 15) is 0 Å². The van der Waals surface area contributed by atoms with Crippen LogP contribution < -0.4 is 9.47 Å². The van der Waals surface area contributed by atoms with Gasteiger partial charge in [-0.2, -0.15) is 5.26 Å². The molecule has 27 heavy (non-hydrogen) atoms. The number of unbranched alkanes of at least 4 members (excludes halogenated alkanes) is 1. The molecule has 1 saturated heterocycles. The van der Waals surface area contributed by atoms with Crippen LogP contribution in [0.2, 0.25) is 0 Å². The molecule has 2 aliphatic rings. The second kappa shape index (κ2) is 8.95. The van der Waals surface area contributed by atoms with E-state index in [2.05, 4.69) is 48.9 Å². The lowest BCUT2D eigenvalue weighted by atomic mass is 9.88. The first-order valence-corrected chi connectivity index (χ1v) is 10.2. The van der Waals surface area contributed by atoms with Gasteiger partial charge >= 0.3 is 0 Å². The second-order valence-corrected chi connectivity index (χ2v) is 8.30. The first kappa shape index (κ1) is 20.0. The molecule has 0 saturated carbocycles. The van der Waals surface area contributed by atoms with Gasteiger partial charge in [0.15, 0.2) is 11.5 Å². The Kier molecular flexibility index (Phi) is 6.62. The van der Waals surface area contributed by atoms with Gasteiger partial charge in [0.05, 0.1) is 19.8 Å². The van der Waals surface area contributed by atoms with Gasteiger partial charge < -0.3 is 14.4 Å². The van der Waals surface area contributed by atoms with Crippen LogP contribution in [0.15, 0.2) is 12.1 Å². The van der Waals surface area contributed by atoms with Gasteiger partial charge in [-0.25, -0.2) is 0 Å². The zero-order valence-electron chi connectivity index (χ0n) is 17.2. The standard InChI is InChI=1S/C22H33N3O2/c1-16(2)11-18-14-25-9-7-17-12-22(27-10-6-5-8-23)21(26-4)13-19(17)20(25)15-24(18)3/h12-13,16,18,20H,5-7,9-11,14-15H2,1-4H3/t18-,20?/m1/s1. The third kappa shape index (κ3) is 4.56. The van der Waals surface area contributed by atoms with Gasteiger partial charge in [-0.1, -0.05) is 13.8 Å². The summed E-state index contributed by atoms with van der Waals surface area (Å²) in [6, 6.07) is 7.59. The topological polar surface area (TPSA) is 48.7 Å². The van der Waals surface area contributed by atoms with Crippen molar-refractivity contribution in [3.8, 4) is 17.6 Å². The molecule has 1 aromatic carbocycles. The highest BCUT2D eigenvalue weighted by Crippen LogP contribution is 2.40. The van der Waals surface area contributed by atoms with Crippen molar-refractivity contribution in [2.45, 2.75) is 51.6 Å². The molecule has 2 heterocycles. The molecular formula is C22H33N3O2. The Labute approximate surface area is 163 Å². The van der Waals surface area contributed by atoms with Gasteiger partial charge in [-0.3, -0.25) is 4.90 Å². The summed E-state index contributed by atoms with van der Waals surface area (Å²) in [5, 5.41) is 8.68. The van der Waals surface area contributed by atoms with Crippen molar-refractivity contribution in [2.75, 3.05) is 40.4 Å². The van der Waals surface area contributed by atoms with Crippen molar-refractivity contribution < 1.29 is 9.47 Å². The smallest absolute Gasteiger partial charge is 0.161 e. The zero-order valence-corrected chi connectivity index (χ0v) is 17.2. The Morgan fingerprint density at radius 1 is 1.26 bits per heavy atom. The van der Waals surface area contributed by atoms with E-state index in [1.165, 1.54) is 17.5 Å². The molecule has 5 nitrogen and oxygen atoms in total. The van der Waals surface area contributed by atoms with Crippen LogP contribution in [0, 0.1) is 17.2 Å². The zero-order chi connectivity index (χ0) is 19.4. The highest BCUT2D eigenvalue weighted by atomic mass is 16.5. The molecule has 148 valence electrons. The number of benzene rings is 1. The van der Waals surface area contributed by atoms with Crippen LogP contribution >= 0.6 is 0 Å². The number of nitriles is 1. The monoisotopic (exact) mass is 371 g/mol. The summed E-state index contributed by atoms with van der Waals surface area (Å²) in [5.74, 6) is 2.34. The second-order valence-electron chi connectivity index (χ2n) is 8.30.